The average molecular weight is 412 g/mol. The quantitative estimate of drug-likeness (QED) is 0.766. The van der Waals surface area contributed by atoms with E-state index >= 15 is 0 Å². The molecule has 7 heteroatoms. The van der Waals surface area contributed by atoms with E-state index in [1.807, 2.05) is 48.5 Å². The minimum atomic E-state index is -0.444. The third kappa shape index (κ3) is 7.13. The number of carbonyl (C=O) groups is 1. The summed E-state index contributed by atoms with van der Waals surface area (Å²) in [5, 5.41) is 2.92. The van der Waals surface area contributed by atoms with Gasteiger partial charge < -0.3 is 15.8 Å². The van der Waals surface area contributed by atoms with Crippen LogP contribution in [0, 0.1) is 0 Å². The Morgan fingerprint density at radius 1 is 1.11 bits per heavy atom. The third-order valence-corrected chi connectivity index (χ3v) is 4.42. The molecule has 148 valence electrons. The number of benzene rings is 2. The molecule has 5 nitrogen and oxygen atoms in total. The fraction of sp³-hybridized carbons (Fsp3) is 0.350. The molecule has 0 spiro atoms. The fourth-order valence-corrected chi connectivity index (χ4v) is 2.99. The highest BCUT2D eigenvalue weighted by atomic mass is 35.5. The zero-order valence-electron chi connectivity index (χ0n) is 15.1. The minimum Gasteiger partial charge on any atom is -0.366 e. The molecule has 1 heterocycles. The monoisotopic (exact) mass is 411 g/mol. The molecule has 2 aromatic carbocycles. The van der Waals surface area contributed by atoms with E-state index in [1.54, 1.807) is 0 Å². The van der Waals surface area contributed by atoms with Crippen LogP contribution < -0.4 is 11.1 Å². The lowest BCUT2D eigenvalue weighted by atomic mass is 10.1. The van der Waals surface area contributed by atoms with Crippen molar-refractivity contribution in [2.75, 3.05) is 26.2 Å². The number of nitrogens with two attached hydrogens (primary N) is 1. The SMILES string of the molecule is Cl.Cl.NC(CNC(=O)C1CN(Cc2ccccc2)CCO1)c1ccccc1. The first kappa shape index (κ1) is 23.4. The summed E-state index contributed by atoms with van der Waals surface area (Å²) in [6, 6.07) is 19.8. The topological polar surface area (TPSA) is 67.6 Å². The van der Waals surface area contributed by atoms with E-state index in [9.17, 15) is 4.79 Å². The molecule has 1 aliphatic heterocycles. The van der Waals surface area contributed by atoms with Gasteiger partial charge in [-0.05, 0) is 11.1 Å². The summed E-state index contributed by atoms with van der Waals surface area (Å²) in [4.78, 5) is 14.7. The maximum Gasteiger partial charge on any atom is 0.250 e. The second-order valence-corrected chi connectivity index (χ2v) is 6.34. The molecule has 2 atom stereocenters. The number of morpholine rings is 1. The maximum absolute atomic E-state index is 12.4. The Hall–Kier alpha value is -1.63. The lowest BCUT2D eigenvalue weighted by Crippen LogP contribution is -2.50. The van der Waals surface area contributed by atoms with Gasteiger partial charge in [-0.25, -0.2) is 0 Å². The average Bonchev–Trinajstić information content (AvgIpc) is 2.67. The summed E-state index contributed by atoms with van der Waals surface area (Å²) < 4.78 is 5.65. The maximum atomic E-state index is 12.4. The van der Waals surface area contributed by atoms with Crippen LogP contribution >= 0.6 is 24.8 Å². The van der Waals surface area contributed by atoms with E-state index < -0.39 is 6.10 Å². The van der Waals surface area contributed by atoms with Crippen molar-refractivity contribution in [2.24, 2.45) is 5.73 Å². The number of halogens is 2. The largest absolute Gasteiger partial charge is 0.366 e. The second kappa shape index (κ2) is 12.0. The predicted molar refractivity (Wildman–Crippen MR) is 112 cm³/mol. The molecule has 1 fully saturated rings. The molecule has 27 heavy (non-hydrogen) atoms. The van der Waals surface area contributed by atoms with Gasteiger partial charge in [0.2, 0.25) is 0 Å². The van der Waals surface area contributed by atoms with Crippen molar-refractivity contribution in [1.82, 2.24) is 10.2 Å². The molecule has 1 aliphatic rings. The molecule has 1 saturated heterocycles. The first-order valence-corrected chi connectivity index (χ1v) is 8.68. The van der Waals surface area contributed by atoms with Crippen LogP contribution in [0.4, 0.5) is 0 Å². The molecule has 2 aromatic rings. The molecule has 0 radical (unpaired) electrons. The van der Waals surface area contributed by atoms with E-state index in [0.717, 1.165) is 18.7 Å². The first-order chi connectivity index (χ1) is 12.2. The Morgan fingerprint density at radius 3 is 2.41 bits per heavy atom. The molecule has 1 amide bonds. The van der Waals surface area contributed by atoms with E-state index in [-0.39, 0.29) is 36.8 Å². The summed E-state index contributed by atoms with van der Waals surface area (Å²) in [5.41, 5.74) is 8.39. The number of hydrogen-bond donors (Lipinski definition) is 2. The Bertz CT molecular complexity index is 673. The highest BCUT2D eigenvalue weighted by Gasteiger charge is 2.26. The molecule has 0 aromatic heterocycles. The van der Waals surface area contributed by atoms with E-state index in [4.69, 9.17) is 10.5 Å². The fourth-order valence-electron chi connectivity index (χ4n) is 2.99. The Labute approximate surface area is 173 Å². The van der Waals surface area contributed by atoms with Gasteiger partial charge in [0.05, 0.1) is 6.61 Å². The third-order valence-electron chi connectivity index (χ3n) is 4.42. The van der Waals surface area contributed by atoms with Crippen molar-refractivity contribution in [3.8, 4) is 0 Å². The zero-order chi connectivity index (χ0) is 17.5. The molecule has 0 bridgehead atoms. The van der Waals surface area contributed by atoms with Crippen molar-refractivity contribution >= 4 is 30.7 Å². The lowest BCUT2D eigenvalue weighted by Gasteiger charge is -2.32. The zero-order valence-corrected chi connectivity index (χ0v) is 16.8. The standard InChI is InChI=1S/C20H25N3O2.2ClH/c21-18(17-9-5-2-6-10-17)13-22-20(24)19-15-23(11-12-25-19)14-16-7-3-1-4-8-16;;/h1-10,18-19H,11-15,21H2,(H,22,24);2*1H. The number of nitrogens with zero attached hydrogens (tertiary/aromatic N) is 1. The highest BCUT2D eigenvalue weighted by Crippen LogP contribution is 2.12. The van der Waals surface area contributed by atoms with Crippen LogP contribution in [-0.2, 0) is 16.1 Å². The van der Waals surface area contributed by atoms with Gasteiger partial charge in [0, 0.05) is 32.2 Å². The van der Waals surface area contributed by atoms with Crippen LogP contribution in [0.1, 0.15) is 17.2 Å². The minimum absolute atomic E-state index is 0. The van der Waals surface area contributed by atoms with Crippen LogP contribution in [0.5, 0.6) is 0 Å². The predicted octanol–water partition coefficient (Wildman–Crippen LogP) is 2.55. The number of carbonyl (C=O) groups excluding carboxylic acids is 1. The van der Waals surface area contributed by atoms with Crippen molar-refractivity contribution in [3.63, 3.8) is 0 Å². The van der Waals surface area contributed by atoms with Gasteiger partial charge in [0.1, 0.15) is 6.10 Å². The first-order valence-electron chi connectivity index (χ1n) is 8.68. The number of ether oxygens (including phenoxy) is 1. The molecule has 0 aliphatic carbocycles. The summed E-state index contributed by atoms with van der Waals surface area (Å²) in [6.45, 7) is 3.23. The van der Waals surface area contributed by atoms with Gasteiger partial charge in [-0.2, -0.15) is 0 Å². The van der Waals surface area contributed by atoms with Crippen molar-refractivity contribution in [2.45, 2.75) is 18.7 Å². The Balaban J connectivity index is 0.00000182. The number of hydrogen-bond acceptors (Lipinski definition) is 4. The number of nitrogens with one attached hydrogen (secondary N) is 1. The normalized spacial score (nSPS) is 17.9. The second-order valence-electron chi connectivity index (χ2n) is 6.34. The van der Waals surface area contributed by atoms with Crippen LogP contribution in [0.25, 0.3) is 0 Å². The van der Waals surface area contributed by atoms with Gasteiger partial charge in [-0.1, -0.05) is 60.7 Å². The molecule has 2 unspecified atom stereocenters. The number of rotatable bonds is 6. The van der Waals surface area contributed by atoms with Gasteiger partial charge in [-0.15, -0.1) is 24.8 Å². The van der Waals surface area contributed by atoms with Crippen molar-refractivity contribution in [3.05, 3.63) is 71.8 Å². The summed E-state index contributed by atoms with van der Waals surface area (Å²) in [6.07, 6.45) is -0.444. The lowest BCUT2D eigenvalue weighted by molar-refractivity contribution is -0.138. The van der Waals surface area contributed by atoms with E-state index in [2.05, 4.69) is 22.3 Å². The Morgan fingerprint density at radius 2 is 1.74 bits per heavy atom. The van der Waals surface area contributed by atoms with Gasteiger partial charge in [-0.3, -0.25) is 9.69 Å². The summed E-state index contributed by atoms with van der Waals surface area (Å²) >= 11 is 0. The molecule has 3 rings (SSSR count). The van der Waals surface area contributed by atoms with E-state index in [1.165, 1.54) is 5.56 Å². The van der Waals surface area contributed by atoms with Crippen LogP contribution in [0.3, 0.4) is 0 Å². The van der Waals surface area contributed by atoms with Crippen LogP contribution in [-0.4, -0.2) is 43.2 Å². The van der Waals surface area contributed by atoms with Gasteiger partial charge in [0.25, 0.3) is 5.91 Å². The molecular weight excluding hydrogens is 385 g/mol. The van der Waals surface area contributed by atoms with Crippen molar-refractivity contribution in [1.29, 1.82) is 0 Å². The molecular formula is C20H27Cl2N3O2. The summed E-state index contributed by atoms with van der Waals surface area (Å²) in [5.74, 6) is -0.0934. The van der Waals surface area contributed by atoms with E-state index in [0.29, 0.717) is 19.7 Å². The van der Waals surface area contributed by atoms with Gasteiger partial charge >= 0.3 is 0 Å². The molecule has 3 N–H and O–H groups in total. The molecule has 0 saturated carbocycles. The Kier molecular flexibility index (Phi) is 10.4. The smallest absolute Gasteiger partial charge is 0.250 e. The number of amides is 1. The highest BCUT2D eigenvalue weighted by molar-refractivity contribution is 5.85. The summed E-state index contributed by atoms with van der Waals surface area (Å²) in [7, 11) is 0. The van der Waals surface area contributed by atoms with Crippen LogP contribution in [0.2, 0.25) is 0 Å². The van der Waals surface area contributed by atoms with Crippen molar-refractivity contribution < 1.29 is 9.53 Å². The van der Waals surface area contributed by atoms with Gasteiger partial charge in [0.15, 0.2) is 0 Å². The van der Waals surface area contributed by atoms with Crippen LogP contribution in [0.15, 0.2) is 60.7 Å².